The van der Waals surface area contributed by atoms with Crippen molar-refractivity contribution in [2.24, 2.45) is 4.99 Å². The Balaban J connectivity index is 2.65. The van der Waals surface area contributed by atoms with Gasteiger partial charge in [0.15, 0.2) is 12.4 Å². The quantitative estimate of drug-likeness (QED) is 0.464. The summed E-state index contributed by atoms with van der Waals surface area (Å²) in [6, 6.07) is -0.712. The Morgan fingerprint density at radius 1 is 1.89 bits per heavy atom. The number of aliphatic imine (C=N–C) groups is 1. The number of nitrogens with zero attached hydrogens (tertiary/aromatic N) is 1. The third-order valence-corrected chi connectivity index (χ3v) is 0.907. The number of halogens is 1. The molecule has 2 N–H and O–H groups in total. The molecule has 4 nitrogen and oxygen atoms in total. The molecule has 0 aromatic carbocycles. The van der Waals surface area contributed by atoms with Crippen molar-refractivity contribution in [1.29, 1.82) is 0 Å². The minimum atomic E-state index is -1.58. The molecule has 0 bridgehead atoms. The van der Waals surface area contributed by atoms with Crippen molar-refractivity contribution in [3.8, 4) is 0 Å². The minimum absolute atomic E-state index is 0.712. The molecule has 0 spiro atoms. The van der Waals surface area contributed by atoms with Gasteiger partial charge in [0.1, 0.15) is 0 Å². The first kappa shape index (κ1) is 6.15. The zero-order valence-electron chi connectivity index (χ0n) is 4.41. The number of rotatable bonds is 0. The maximum Gasteiger partial charge on any atom is 0.342 e. The van der Waals surface area contributed by atoms with E-state index in [1.165, 1.54) is 0 Å². The molecule has 0 saturated carbocycles. The summed E-state index contributed by atoms with van der Waals surface area (Å²) in [7, 11) is 0. The average molecular weight is 132 g/mol. The number of carbonyl (C=O) groups excluding carboxylic acids is 1. The van der Waals surface area contributed by atoms with Crippen molar-refractivity contribution in [2.75, 3.05) is 0 Å². The predicted molar refractivity (Wildman–Crippen MR) is 27.9 cm³/mol. The number of hydrogen-bond acceptors (Lipinski definition) is 2. The summed E-state index contributed by atoms with van der Waals surface area (Å²) in [6.45, 7) is 0. The lowest BCUT2D eigenvalue weighted by atomic mass is 10.3. The van der Waals surface area contributed by atoms with Gasteiger partial charge in [-0.05, 0) is 0 Å². The topological polar surface area (TPSA) is 61.7 Å². The summed E-state index contributed by atoms with van der Waals surface area (Å²) >= 11 is 0. The van der Waals surface area contributed by atoms with Gasteiger partial charge >= 0.3 is 6.03 Å². The number of hydrogen-bond donors (Lipinski definition) is 2. The third kappa shape index (κ3) is 1.23. The average Bonchev–Trinajstić information content (AvgIpc) is 1.80. The van der Waals surface area contributed by atoms with Gasteiger partial charge in [-0.2, -0.15) is 0 Å². The minimum Gasteiger partial charge on any atom is -0.370 e. The molecule has 2 unspecified atom stereocenters. The normalized spacial score (nSPS) is 34.2. The lowest BCUT2D eigenvalue weighted by molar-refractivity contribution is 0.0882. The van der Waals surface area contributed by atoms with Crippen LogP contribution in [0.25, 0.3) is 0 Å². The summed E-state index contributed by atoms with van der Waals surface area (Å²) in [5.74, 6) is 0. The molecule has 0 aliphatic carbocycles. The summed E-state index contributed by atoms with van der Waals surface area (Å²) in [5.41, 5.74) is 0. The first-order valence-electron chi connectivity index (χ1n) is 2.37. The molecule has 9 heavy (non-hydrogen) atoms. The molecule has 50 valence electrons. The molecule has 0 radical (unpaired) electrons. The van der Waals surface area contributed by atoms with E-state index in [2.05, 4.69) is 4.99 Å². The van der Waals surface area contributed by atoms with E-state index in [1.54, 1.807) is 0 Å². The van der Waals surface area contributed by atoms with Crippen molar-refractivity contribution in [3.05, 3.63) is 0 Å². The summed E-state index contributed by atoms with van der Waals surface area (Å²) in [6.07, 6.45) is -2.25. The van der Waals surface area contributed by atoms with Crippen LogP contribution in [0.3, 0.4) is 0 Å². The second-order valence-electron chi connectivity index (χ2n) is 1.62. The number of alkyl halides is 1. The highest BCUT2D eigenvalue weighted by molar-refractivity contribution is 5.88. The standard InChI is InChI=1S/C4H5FN2O2/c5-2-1-6-4(9)7-3(2)8/h1-3,8H,(H,7,9). The summed E-state index contributed by atoms with van der Waals surface area (Å²) in [5, 5.41) is 10.4. The largest absolute Gasteiger partial charge is 0.370 e. The second kappa shape index (κ2) is 2.10. The Kier molecular flexibility index (Phi) is 1.44. The van der Waals surface area contributed by atoms with Gasteiger partial charge in [-0.15, -0.1) is 0 Å². The SMILES string of the molecule is O=C1N=CC(F)C(O)N1. The Morgan fingerprint density at radius 2 is 2.56 bits per heavy atom. The van der Waals surface area contributed by atoms with Gasteiger partial charge in [0.25, 0.3) is 0 Å². The Labute approximate surface area is 50.4 Å². The van der Waals surface area contributed by atoms with Gasteiger partial charge < -0.3 is 10.4 Å². The molecule has 1 heterocycles. The van der Waals surface area contributed by atoms with E-state index in [4.69, 9.17) is 5.11 Å². The van der Waals surface area contributed by atoms with Crippen LogP contribution in [0.15, 0.2) is 4.99 Å². The molecule has 0 aromatic rings. The van der Waals surface area contributed by atoms with Crippen molar-refractivity contribution in [1.82, 2.24) is 5.32 Å². The molecule has 5 heteroatoms. The monoisotopic (exact) mass is 132 g/mol. The highest BCUT2D eigenvalue weighted by atomic mass is 19.1. The van der Waals surface area contributed by atoms with Crippen molar-refractivity contribution < 1.29 is 14.3 Å². The van der Waals surface area contributed by atoms with Crippen LogP contribution >= 0.6 is 0 Å². The molecule has 2 atom stereocenters. The molecule has 1 rings (SSSR count). The fraction of sp³-hybridized carbons (Fsp3) is 0.500. The zero-order chi connectivity index (χ0) is 6.85. The number of urea groups is 1. The number of aliphatic hydroxyl groups is 1. The number of nitrogens with one attached hydrogen (secondary N) is 1. The fourth-order valence-corrected chi connectivity index (χ4v) is 0.464. The Bertz CT molecular complexity index is 159. The highest BCUT2D eigenvalue weighted by Crippen LogP contribution is 1.97. The van der Waals surface area contributed by atoms with Crippen LogP contribution in [0.1, 0.15) is 0 Å². The number of amides is 2. The van der Waals surface area contributed by atoms with E-state index in [0.29, 0.717) is 0 Å². The highest BCUT2D eigenvalue weighted by Gasteiger charge is 2.21. The van der Waals surface area contributed by atoms with Crippen LogP contribution < -0.4 is 5.32 Å². The number of carbonyl (C=O) groups is 1. The van der Waals surface area contributed by atoms with E-state index < -0.39 is 18.4 Å². The Hall–Kier alpha value is -0.970. The first-order valence-corrected chi connectivity index (χ1v) is 2.37. The van der Waals surface area contributed by atoms with Gasteiger partial charge in [0.2, 0.25) is 0 Å². The van der Waals surface area contributed by atoms with Crippen LogP contribution in [-0.4, -0.2) is 29.8 Å². The van der Waals surface area contributed by atoms with Crippen LogP contribution in [0.2, 0.25) is 0 Å². The van der Waals surface area contributed by atoms with E-state index in [0.717, 1.165) is 6.21 Å². The van der Waals surface area contributed by atoms with E-state index in [-0.39, 0.29) is 0 Å². The smallest absolute Gasteiger partial charge is 0.342 e. The fourth-order valence-electron chi connectivity index (χ4n) is 0.464. The predicted octanol–water partition coefficient (Wildman–Crippen LogP) is -0.563. The van der Waals surface area contributed by atoms with Gasteiger partial charge in [-0.1, -0.05) is 0 Å². The van der Waals surface area contributed by atoms with Gasteiger partial charge in [-0.25, -0.2) is 14.2 Å². The van der Waals surface area contributed by atoms with E-state index >= 15 is 0 Å². The maximum absolute atomic E-state index is 12.1. The third-order valence-electron chi connectivity index (χ3n) is 0.907. The van der Waals surface area contributed by atoms with E-state index in [1.807, 2.05) is 5.32 Å². The van der Waals surface area contributed by atoms with Crippen molar-refractivity contribution in [3.63, 3.8) is 0 Å². The maximum atomic E-state index is 12.1. The van der Waals surface area contributed by atoms with Crippen molar-refractivity contribution in [2.45, 2.75) is 12.4 Å². The molecular formula is C4H5FN2O2. The number of aliphatic hydroxyl groups excluding tert-OH is 1. The molecule has 2 amide bonds. The molecular weight excluding hydrogens is 127 g/mol. The van der Waals surface area contributed by atoms with Gasteiger partial charge in [-0.3, -0.25) is 0 Å². The lowest BCUT2D eigenvalue weighted by Crippen LogP contribution is -2.44. The molecule has 0 saturated heterocycles. The second-order valence-corrected chi connectivity index (χ2v) is 1.62. The zero-order valence-corrected chi connectivity index (χ0v) is 4.41. The summed E-state index contributed by atoms with van der Waals surface area (Å²) < 4.78 is 12.1. The molecule has 0 fully saturated rings. The first-order chi connectivity index (χ1) is 4.20. The molecule has 1 aliphatic heterocycles. The van der Waals surface area contributed by atoms with Crippen LogP contribution in [0.4, 0.5) is 9.18 Å². The van der Waals surface area contributed by atoms with Crippen molar-refractivity contribution >= 4 is 12.2 Å². The lowest BCUT2D eigenvalue weighted by Gasteiger charge is -2.15. The summed E-state index contributed by atoms with van der Waals surface area (Å²) in [4.78, 5) is 13.2. The van der Waals surface area contributed by atoms with Crippen LogP contribution in [0, 0.1) is 0 Å². The molecule has 0 aromatic heterocycles. The Morgan fingerprint density at radius 3 is 3.00 bits per heavy atom. The molecule has 1 aliphatic rings. The van der Waals surface area contributed by atoms with Gasteiger partial charge in [0, 0.05) is 6.21 Å². The van der Waals surface area contributed by atoms with Crippen LogP contribution in [0.5, 0.6) is 0 Å². The van der Waals surface area contributed by atoms with Gasteiger partial charge in [0.05, 0.1) is 0 Å². The van der Waals surface area contributed by atoms with Crippen LogP contribution in [-0.2, 0) is 0 Å². The van der Waals surface area contributed by atoms with E-state index in [9.17, 15) is 9.18 Å².